The quantitative estimate of drug-likeness (QED) is 0.299. The van der Waals surface area contributed by atoms with Gasteiger partial charge in [0.1, 0.15) is 12.4 Å². The molecule has 0 radical (unpaired) electrons. The molecule has 0 fully saturated rings. The van der Waals surface area contributed by atoms with Gasteiger partial charge in [-0.25, -0.2) is 0 Å². The summed E-state index contributed by atoms with van der Waals surface area (Å²) in [4.78, 5) is 0. The average Bonchev–Trinajstić information content (AvgIpc) is 2.77. The van der Waals surface area contributed by atoms with Crippen molar-refractivity contribution in [1.82, 2.24) is 5.32 Å². The minimum absolute atomic E-state index is 0.394. The Bertz CT molecular complexity index is 1130. The Kier molecular flexibility index (Phi) is 6.91. The van der Waals surface area contributed by atoms with E-state index < -0.39 is 0 Å². The van der Waals surface area contributed by atoms with Gasteiger partial charge in [0.25, 0.3) is 0 Å². The van der Waals surface area contributed by atoms with Gasteiger partial charge in [0, 0.05) is 27.7 Å². The van der Waals surface area contributed by atoms with E-state index in [9.17, 15) is 0 Å². The molecule has 0 bridgehead atoms. The highest BCUT2D eigenvalue weighted by Gasteiger charge is 2.10. The molecule has 0 atom stereocenters. The molecule has 0 saturated heterocycles. The second kappa shape index (κ2) is 9.99. The zero-order chi connectivity index (χ0) is 20.8. The Hall–Kier alpha value is -2.52. The van der Waals surface area contributed by atoms with Crippen LogP contribution in [0.4, 0.5) is 0 Å². The maximum atomic E-state index is 6.31. The molecule has 0 aliphatic carbocycles. The first-order chi connectivity index (χ1) is 14.7. The van der Waals surface area contributed by atoms with Gasteiger partial charge in [0.05, 0.1) is 0 Å². The monoisotopic (exact) mass is 435 g/mol. The maximum absolute atomic E-state index is 6.31. The third kappa shape index (κ3) is 5.14. The van der Waals surface area contributed by atoms with Gasteiger partial charge < -0.3 is 10.1 Å². The van der Waals surface area contributed by atoms with Gasteiger partial charge in [-0.15, -0.1) is 0 Å². The summed E-state index contributed by atoms with van der Waals surface area (Å²) in [5.74, 6) is 0.868. The Morgan fingerprint density at radius 2 is 1.60 bits per heavy atom. The summed E-state index contributed by atoms with van der Waals surface area (Å²) >= 11 is 12.3. The van der Waals surface area contributed by atoms with E-state index in [0.717, 1.165) is 36.4 Å². The zero-order valence-electron chi connectivity index (χ0n) is 16.6. The molecule has 30 heavy (non-hydrogen) atoms. The van der Waals surface area contributed by atoms with Crippen molar-refractivity contribution in [3.8, 4) is 5.75 Å². The highest BCUT2D eigenvalue weighted by molar-refractivity contribution is 6.35. The Labute approximate surface area is 187 Å². The predicted octanol–water partition coefficient (Wildman–Crippen LogP) is 7.06. The van der Waals surface area contributed by atoms with Gasteiger partial charge in [-0.3, -0.25) is 0 Å². The van der Waals surface area contributed by atoms with E-state index in [1.807, 2.05) is 24.3 Å². The average molecular weight is 436 g/mol. The van der Waals surface area contributed by atoms with Gasteiger partial charge in [-0.2, -0.15) is 0 Å². The summed E-state index contributed by atoms with van der Waals surface area (Å²) in [6.45, 7) is 2.03. The summed E-state index contributed by atoms with van der Waals surface area (Å²) in [7, 11) is 0. The van der Waals surface area contributed by atoms with Crippen molar-refractivity contribution < 1.29 is 4.74 Å². The van der Waals surface area contributed by atoms with Crippen molar-refractivity contribution in [3.05, 3.63) is 112 Å². The van der Waals surface area contributed by atoms with E-state index in [-0.39, 0.29) is 0 Å². The van der Waals surface area contributed by atoms with Crippen LogP contribution in [0.25, 0.3) is 10.8 Å². The minimum Gasteiger partial charge on any atom is -0.488 e. The van der Waals surface area contributed by atoms with Crippen molar-refractivity contribution in [2.24, 2.45) is 0 Å². The fourth-order valence-corrected chi connectivity index (χ4v) is 3.98. The van der Waals surface area contributed by atoms with Crippen LogP contribution in [0, 0.1) is 0 Å². The lowest BCUT2D eigenvalue weighted by atomic mass is 10.0. The number of hydrogen-bond acceptors (Lipinski definition) is 2. The van der Waals surface area contributed by atoms with Crippen LogP contribution in [-0.4, -0.2) is 6.54 Å². The molecule has 0 aliphatic rings. The largest absolute Gasteiger partial charge is 0.488 e. The highest BCUT2D eigenvalue weighted by Crippen LogP contribution is 2.30. The molecule has 0 aromatic heterocycles. The minimum atomic E-state index is 0.394. The molecule has 2 nitrogen and oxygen atoms in total. The number of nitrogens with one attached hydrogen (secondary N) is 1. The number of rotatable bonds is 8. The normalized spacial score (nSPS) is 11.0. The van der Waals surface area contributed by atoms with Crippen LogP contribution < -0.4 is 10.1 Å². The Morgan fingerprint density at radius 3 is 2.43 bits per heavy atom. The Balaban J connectivity index is 1.50. The van der Waals surface area contributed by atoms with Crippen LogP contribution in [0.1, 0.15) is 16.7 Å². The predicted molar refractivity (Wildman–Crippen MR) is 127 cm³/mol. The van der Waals surface area contributed by atoms with Gasteiger partial charge in [-0.05, 0) is 47.5 Å². The summed E-state index contributed by atoms with van der Waals surface area (Å²) in [6.07, 6.45) is 0.988. The first-order valence-corrected chi connectivity index (χ1v) is 10.8. The molecule has 0 heterocycles. The topological polar surface area (TPSA) is 21.3 Å². The molecule has 0 spiro atoms. The number of hydrogen-bond donors (Lipinski definition) is 1. The fourth-order valence-electron chi connectivity index (χ4n) is 3.52. The van der Waals surface area contributed by atoms with Crippen molar-refractivity contribution in [3.63, 3.8) is 0 Å². The van der Waals surface area contributed by atoms with Crippen LogP contribution in [0.2, 0.25) is 10.0 Å². The van der Waals surface area contributed by atoms with E-state index in [1.54, 1.807) is 6.07 Å². The first-order valence-electron chi connectivity index (χ1n) is 10.0. The van der Waals surface area contributed by atoms with E-state index in [2.05, 4.69) is 59.9 Å². The summed E-state index contributed by atoms with van der Waals surface area (Å²) in [5.41, 5.74) is 3.40. The molecule has 152 valence electrons. The van der Waals surface area contributed by atoms with Crippen LogP contribution in [0.5, 0.6) is 5.75 Å². The number of halogens is 2. The van der Waals surface area contributed by atoms with Crippen LogP contribution >= 0.6 is 23.2 Å². The lowest BCUT2D eigenvalue weighted by Gasteiger charge is -2.16. The second-order valence-corrected chi connectivity index (χ2v) is 8.04. The fraction of sp³-hybridized carbons (Fsp3) is 0.154. The summed E-state index contributed by atoms with van der Waals surface area (Å²) in [6, 6.07) is 28.5. The first kappa shape index (κ1) is 20.7. The third-order valence-electron chi connectivity index (χ3n) is 5.13. The van der Waals surface area contributed by atoms with Gasteiger partial charge in [-0.1, -0.05) is 89.9 Å². The second-order valence-electron chi connectivity index (χ2n) is 7.20. The lowest BCUT2D eigenvalue weighted by molar-refractivity contribution is 0.303. The lowest BCUT2D eigenvalue weighted by Crippen LogP contribution is -2.17. The smallest absolute Gasteiger partial charge is 0.124 e. The van der Waals surface area contributed by atoms with Crippen molar-refractivity contribution in [1.29, 1.82) is 0 Å². The summed E-state index contributed by atoms with van der Waals surface area (Å²) in [5, 5.41) is 7.22. The maximum Gasteiger partial charge on any atom is 0.124 e. The standard InChI is InChI=1S/C26H23Cl2NO/c27-22-12-10-21(25(28)16-22)18-30-26-13-11-20-8-4-5-9-23(20)24(26)17-29-15-14-19-6-2-1-3-7-19/h1-13,16,29H,14-15,17-18H2. The molecule has 4 heteroatoms. The van der Waals surface area contributed by atoms with Crippen LogP contribution in [-0.2, 0) is 19.6 Å². The molecule has 1 N–H and O–H groups in total. The van der Waals surface area contributed by atoms with Crippen LogP contribution in [0.3, 0.4) is 0 Å². The van der Waals surface area contributed by atoms with E-state index >= 15 is 0 Å². The van der Waals surface area contributed by atoms with Crippen molar-refractivity contribution >= 4 is 34.0 Å². The summed E-state index contributed by atoms with van der Waals surface area (Å²) < 4.78 is 6.20. The molecule has 4 aromatic carbocycles. The SMILES string of the molecule is Clc1ccc(COc2ccc3ccccc3c2CNCCc2ccccc2)c(Cl)c1. The molecule has 0 aliphatic heterocycles. The molecular weight excluding hydrogens is 413 g/mol. The molecule has 0 unspecified atom stereocenters. The number of fused-ring (bicyclic) bond motifs is 1. The molecule has 4 aromatic rings. The van der Waals surface area contributed by atoms with Gasteiger partial charge in [0.2, 0.25) is 0 Å². The molecule has 0 saturated carbocycles. The van der Waals surface area contributed by atoms with E-state index in [1.165, 1.54) is 16.3 Å². The number of benzene rings is 4. The van der Waals surface area contributed by atoms with E-state index in [4.69, 9.17) is 27.9 Å². The van der Waals surface area contributed by atoms with E-state index in [0.29, 0.717) is 16.7 Å². The zero-order valence-corrected chi connectivity index (χ0v) is 18.1. The highest BCUT2D eigenvalue weighted by atomic mass is 35.5. The third-order valence-corrected chi connectivity index (χ3v) is 5.72. The number of ether oxygens (including phenoxy) is 1. The van der Waals surface area contributed by atoms with Gasteiger partial charge >= 0.3 is 0 Å². The van der Waals surface area contributed by atoms with Gasteiger partial charge in [0.15, 0.2) is 0 Å². The molecule has 0 amide bonds. The van der Waals surface area contributed by atoms with Crippen LogP contribution in [0.15, 0.2) is 84.9 Å². The molecule has 4 rings (SSSR count). The Morgan fingerprint density at radius 1 is 0.800 bits per heavy atom. The molecular formula is C26H23Cl2NO. The van der Waals surface area contributed by atoms with Crippen molar-refractivity contribution in [2.45, 2.75) is 19.6 Å². The van der Waals surface area contributed by atoms with Crippen molar-refractivity contribution in [2.75, 3.05) is 6.54 Å².